The van der Waals surface area contributed by atoms with Gasteiger partial charge in [-0.1, -0.05) is 23.7 Å². The highest BCUT2D eigenvalue weighted by molar-refractivity contribution is 6.33. The molecule has 1 heterocycles. The third-order valence-corrected chi connectivity index (χ3v) is 2.42. The molecular weight excluding hydrogens is 224 g/mol. The van der Waals surface area contributed by atoms with Crippen LogP contribution in [0, 0.1) is 6.92 Å². The van der Waals surface area contributed by atoms with Crippen molar-refractivity contribution in [2.75, 3.05) is 0 Å². The van der Waals surface area contributed by atoms with Crippen LogP contribution in [0.2, 0.25) is 5.02 Å². The van der Waals surface area contributed by atoms with Crippen molar-refractivity contribution in [1.82, 2.24) is 15.0 Å². The first-order chi connectivity index (χ1) is 7.70. The highest BCUT2D eigenvalue weighted by Gasteiger charge is 2.08. The standard InChI is InChI=1S/C11H11ClN4/c1-7-14-10(6-13)16-11(15-7)8-4-2-3-5-9(8)12/h2-5H,6,13H2,1H3. The Morgan fingerprint density at radius 2 is 1.94 bits per heavy atom. The molecule has 1 aromatic heterocycles. The van der Waals surface area contributed by atoms with Crippen molar-refractivity contribution >= 4 is 11.6 Å². The third-order valence-electron chi connectivity index (χ3n) is 2.09. The first-order valence-electron chi connectivity index (χ1n) is 4.87. The number of benzene rings is 1. The molecule has 0 aliphatic heterocycles. The van der Waals surface area contributed by atoms with E-state index >= 15 is 0 Å². The third kappa shape index (κ3) is 2.18. The fourth-order valence-corrected chi connectivity index (χ4v) is 1.61. The second kappa shape index (κ2) is 4.55. The lowest BCUT2D eigenvalue weighted by molar-refractivity contribution is 0.851. The van der Waals surface area contributed by atoms with Gasteiger partial charge in [-0.2, -0.15) is 0 Å². The molecule has 0 saturated carbocycles. The van der Waals surface area contributed by atoms with Crippen LogP contribution in [-0.4, -0.2) is 15.0 Å². The summed E-state index contributed by atoms with van der Waals surface area (Å²) in [5.41, 5.74) is 6.31. The second-order valence-corrected chi connectivity index (χ2v) is 3.71. The topological polar surface area (TPSA) is 64.7 Å². The number of aryl methyl sites for hydroxylation is 1. The molecule has 0 saturated heterocycles. The molecule has 2 rings (SSSR count). The van der Waals surface area contributed by atoms with E-state index in [-0.39, 0.29) is 0 Å². The maximum absolute atomic E-state index is 6.07. The molecule has 0 unspecified atom stereocenters. The highest BCUT2D eigenvalue weighted by atomic mass is 35.5. The lowest BCUT2D eigenvalue weighted by atomic mass is 10.2. The quantitative estimate of drug-likeness (QED) is 0.863. The Morgan fingerprint density at radius 1 is 1.19 bits per heavy atom. The van der Waals surface area contributed by atoms with Gasteiger partial charge in [-0.15, -0.1) is 0 Å². The number of rotatable bonds is 2. The predicted octanol–water partition coefficient (Wildman–Crippen LogP) is 1.96. The lowest BCUT2D eigenvalue weighted by Gasteiger charge is -2.05. The molecule has 0 aliphatic carbocycles. The van der Waals surface area contributed by atoms with E-state index in [4.69, 9.17) is 17.3 Å². The fourth-order valence-electron chi connectivity index (χ4n) is 1.39. The predicted molar refractivity (Wildman–Crippen MR) is 62.9 cm³/mol. The minimum Gasteiger partial charge on any atom is -0.324 e. The molecule has 0 atom stereocenters. The van der Waals surface area contributed by atoms with E-state index in [0.29, 0.717) is 29.0 Å². The van der Waals surface area contributed by atoms with Crippen LogP contribution < -0.4 is 5.73 Å². The minimum atomic E-state index is 0.292. The van der Waals surface area contributed by atoms with Crippen molar-refractivity contribution in [1.29, 1.82) is 0 Å². The first kappa shape index (κ1) is 11.0. The molecule has 0 fully saturated rings. The van der Waals surface area contributed by atoms with Gasteiger partial charge in [-0.05, 0) is 19.1 Å². The molecule has 0 spiro atoms. The molecule has 0 radical (unpaired) electrons. The summed E-state index contributed by atoms with van der Waals surface area (Å²) < 4.78 is 0. The molecule has 0 aliphatic rings. The number of aromatic nitrogens is 3. The molecule has 82 valence electrons. The van der Waals surface area contributed by atoms with Gasteiger partial charge in [0.1, 0.15) is 11.6 Å². The number of nitrogens with two attached hydrogens (primary N) is 1. The van der Waals surface area contributed by atoms with Crippen LogP contribution in [0.5, 0.6) is 0 Å². The summed E-state index contributed by atoms with van der Waals surface area (Å²) in [5, 5.41) is 0.621. The summed E-state index contributed by atoms with van der Waals surface area (Å²) in [7, 11) is 0. The van der Waals surface area contributed by atoms with E-state index in [2.05, 4.69) is 15.0 Å². The molecule has 0 amide bonds. The van der Waals surface area contributed by atoms with Crippen LogP contribution in [-0.2, 0) is 6.54 Å². The zero-order valence-electron chi connectivity index (χ0n) is 8.81. The summed E-state index contributed by atoms with van der Waals surface area (Å²) >= 11 is 6.07. The van der Waals surface area contributed by atoms with Crippen molar-refractivity contribution in [3.8, 4) is 11.4 Å². The van der Waals surface area contributed by atoms with Crippen molar-refractivity contribution in [3.05, 3.63) is 40.9 Å². The van der Waals surface area contributed by atoms with E-state index in [9.17, 15) is 0 Å². The molecule has 0 bridgehead atoms. The Bertz CT molecular complexity index is 513. The van der Waals surface area contributed by atoms with Crippen molar-refractivity contribution in [2.24, 2.45) is 5.73 Å². The Labute approximate surface area is 98.5 Å². The first-order valence-corrected chi connectivity index (χ1v) is 5.25. The van der Waals surface area contributed by atoms with Crippen LogP contribution in [0.3, 0.4) is 0 Å². The summed E-state index contributed by atoms with van der Waals surface area (Å²) in [6.07, 6.45) is 0. The van der Waals surface area contributed by atoms with Crippen LogP contribution in [0.25, 0.3) is 11.4 Å². The van der Waals surface area contributed by atoms with Gasteiger partial charge >= 0.3 is 0 Å². The van der Waals surface area contributed by atoms with Crippen molar-refractivity contribution < 1.29 is 0 Å². The summed E-state index contributed by atoms with van der Waals surface area (Å²) in [6, 6.07) is 7.43. The maximum atomic E-state index is 6.07. The van der Waals surface area contributed by atoms with Crippen molar-refractivity contribution in [3.63, 3.8) is 0 Å². The largest absolute Gasteiger partial charge is 0.324 e. The Morgan fingerprint density at radius 3 is 2.62 bits per heavy atom. The lowest BCUT2D eigenvalue weighted by Crippen LogP contribution is -2.07. The van der Waals surface area contributed by atoms with Crippen LogP contribution in [0.15, 0.2) is 24.3 Å². The van der Waals surface area contributed by atoms with E-state index in [0.717, 1.165) is 5.56 Å². The van der Waals surface area contributed by atoms with Gasteiger partial charge in [-0.25, -0.2) is 15.0 Å². The molecule has 16 heavy (non-hydrogen) atoms. The molecule has 4 nitrogen and oxygen atoms in total. The van der Waals surface area contributed by atoms with E-state index in [1.54, 1.807) is 13.0 Å². The zero-order chi connectivity index (χ0) is 11.5. The minimum absolute atomic E-state index is 0.292. The van der Waals surface area contributed by atoms with Gasteiger partial charge in [0.2, 0.25) is 0 Å². The molecule has 1 aromatic carbocycles. The summed E-state index contributed by atoms with van der Waals surface area (Å²) in [5.74, 6) is 1.78. The van der Waals surface area contributed by atoms with Crippen molar-refractivity contribution in [2.45, 2.75) is 13.5 Å². The molecule has 2 N–H and O–H groups in total. The molecular formula is C11H11ClN4. The van der Waals surface area contributed by atoms with E-state index in [1.807, 2.05) is 18.2 Å². The number of hydrogen-bond acceptors (Lipinski definition) is 4. The van der Waals surface area contributed by atoms with Gasteiger partial charge in [-0.3, -0.25) is 0 Å². The normalized spacial score (nSPS) is 10.4. The van der Waals surface area contributed by atoms with Gasteiger partial charge < -0.3 is 5.73 Å². The SMILES string of the molecule is Cc1nc(CN)nc(-c2ccccc2Cl)n1. The van der Waals surface area contributed by atoms with Crippen LogP contribution in [0.1, 0.15) is 11.6 Å². The van der Waals surface area contributed by atoms with Gasteiger partial charge in [0, 0.05) is 5.56 Å². The van der Waals surface area contributed by atoms with Gasteiger partial charge in [0.25, 0.3) is 0 Å². The Balaban J connectivity index is 2.56. The average Bonchev–Trinajstić information content (AvgIpc) is 2.28. The van der Waals surface area contributed by atoms with Gasteiger partial charge in [0.15, 0.2) is 5.82 Å². The molecule has 2 aromatic rings. The van der Waals surface area contributed by atoms with Crippen LogP contribution in [0.4, 0.5) is 0 Å². The monoisotopic (exact) mass is 234 g/mol. The summed E-state index contributed by atoms with van der Waals surface area (Å²) in [4.78, 5) is 12.6. The molecule has 5 heteroatoms. The smallest absolute Gasteiger partial charge is 0.164 e. The van der Waals surface area contributed by atoms with Crippen LogP contribution >= 0.6 is 11.6 Å². The summed E-state index contributed by atoms with van der Waals surface area (Å²) in [6.45, 7) is 2.10. The Hall–Kier alpha value is -1.52. The van der Waals surface area contributed by atoms with E-state index < -0.39 is 0 Å². The van der Waals surface area contributed by atoms with Gasteiger partial charge in [0.05, 0.1) is 11.6 Å². The number of halogens is 1. The highest BCUT2D eigenvalue weighted by Crippen LogP contribution is 2.24. The van der Waals surface area contributed by atoms with E-state index in [1.165, 1.54) is 0 Å². The number of nitrogens with zero attached hydrogens (tertiary/aromatic N) is 3. The Kier molecular flexibility index (Phi) is 3.12. The maximum Gasteiger partial charge on any atom is 0.164 e. The zero-order valence-corrected chi connectivity index (χ0v) is 9.57. The average molecular weight is 235 g/mol. The second-order valence-electron chi connectivity index (χ2n) is 3.31. The fraction of sp³-hybridized carbons (Fsp3) is 0.182. The number of hydrogen-bond donors (Lipinski definition) is 1.